The van der Waals surface area contributed by atoms with E-state index < -0.39 is 84.7 Å². The summed E-state index contributed by atoms with van der Waals surface area (Å²) >= 11 is 0. The molecule has 0 bridgehead atoms. The van der Waals surface area contributed by atoms with Crippen LogP contribution in [-0.2, 0) is 85.8 Å². The van der Waals surface area contributed by atoms with Gasteiger partial charge >= 0.3 is 47.8 Å². The third kappa shape index (κ3) is 21.8. The van der Waals surface area contributed by atoms with Crippen LogP contribution >= 0.6 is 0 Å². The van der Waals surface area contributed by atoms with Gasteiger partial charge in [0.2, 0.25) is 18.2 Å². The van der Waals surface area contributed by atoms with Gasteiger partial charge in [-0.2, -0.15) is 0 Å². The van der Waals surface area contributed by atoms with Crippen molar-refractivity contribution in [3.8, 4) is 0 Å². The summed E-state index contributed by atoms with van der Waals surface area (Å²) in [5, 5.41) is 0. The number of hydrogen-bond acceptors (Lipinski definition) is 18. The maximum atomic E-state index is 13.2. The third-order valence-electron chi connectivity index (χ3n) is 7.82. The van der Waals surface area contributed by atoms with E-state index >= 15 is 0 Å². The van der Waals surface area contributed by atoms with Crippen LogP contribution in [0.5, 0.6) is 0 Å². The molecule has 1 aliphatic rings. The van der Waals surface area contributed by atoms with Crippen LogP contribution in [0.1, 0.15) is 105 Å². The first-order valence-corrected chi connectivity index (χ1v) is 19.0. The van der Waals surface area contributed by atoms with Crippen LogP contribution in [0.25, 0.3) is 0 Å². The molecule has 0 aromatic carbocycles. The number of ketones is 1. The third-order valence-corrected chi connectivity index (χ3v) is 7.82. The Labute approximate surface area is 337 Å². The van der Waals surface area contributed by atoms with Gasteiger partial charge in [0.05, 0.1) is 33.0 Å². The highest BCUT2D eigenvalue weighted by Gasteiger charge is 2.49. The molecular weight excluding hydrogens is 768 g/mol. The molecule has 0 amide bonds. The average molecular weight is 825 g/mol. The fourth-order valence-electron chi connectivity index (χ4n) is 4.67. The molecule has 0 radical (unpaired) electrons. The summed E-state index contributed by atoms with van der Waals surface area (Å²) in [6.45, 7) is 15.5. The van der Waals surface area contributed by atoms with Gasteiger partial charge in [0, 0.05) is 49.3 Å². The van der Waals surface area contributed by atoms with Gasteiger partial charge in [-0.3, -0.25) is 24.0 Å². The van der Waals surface area contributed by atoms with Gasteiger partial charge in [-0.1, -0.05) is 19.7 Å². The van der Waals surface area contributed by atoms with Crippen LogP contribution in [-0.4, -0.2) is 111 Å². The Kier molecular flexibility index (Phi) is 24.5. The van der Waals surface area contributed by atoms with Crippen LogP contribution in [0, 0.1) is 0 Å². The average Bonchev–Trinajstić information content (AvgIpc) is 3.15. The monoisotopic (exact) mass is 824 g/mol. The minimum absolute atomic E-state index is 0.000688. The molecule has 1 unspecified atom stereocenters. The Morgan fingerprint density at radius 3 is 1.14 bits per heavy atom. The topological polar surface area (TPSA) is 237 Å². The second-order valence-corrected chi connectivity index (χ2v) is 13.4. The second-order valence-electron chi connectivity index (χ2n) is 13.4. The van der Waals surface area contributed by atoms with E-state index in [4.69, 9.17) is 42.6 Å². The molecule has 18 heteroatoms. The van der Waals surface area contributed by atoms with E-state index in [0.29, 0.717) is 12.8 Å². The minimum Gasteiger partial charge on any atom is -0.462 e. The minimum atomic E-state index is -1.62. The molecule has 0 aromatic rings. The molecule has 18 nitrogen and oxygen atoms in total. The molecule has 1 saturated heterocycles. The summed E-state index contributed by atoms with van der Waals surface area (Å²) in [6.07, 6.45) is -4.91. The summed E-state index contributed by atoms with van der Waals surface area (Å²) in [5.41, 5.74) is 0.648. The molecule has 324 valence electrons. The van der Waals surface area contributed by atoms with Gasteiger partial charge in [-0.15, -0.1) is 0 Å². The molecule has 1 heterocycles. The molecule has 0 saturated carbocycles. The lowest BCUT2D eigenvalue weighted by Gasteiger charge is -2.40. The number of carbonyl (C=O) groups is 9. The zero-order valence-corrected chi connectivity index (χ0v) is 33.8. The van der Waals surface area contributed by atoms with E-state index in [1.807, 2.05) is 0 Å². The molecule has 58 heavy (non-hydrogen) atoms. The molecule has 1 fully saturated rings. The van der Waals surface area contributed by atoms with Crippen molar-refractivity contribution in [2.45, 2.75) is 129 Å². The van der Waals surface area contributed by atoms with Crippen LogP contribution in [0.15, 0.2) is 36.5 Å². The highest BCUT2D eigenvalue weighted by Crippen LogP contribution is 2.27. The van der Waals surface area contributed by atoms with Gasteiger partial charge in [-0.05, 0) is 72.1 Å². The maximum absolute atomic E-state index is 13.2. The van der Waals surface area contributed by atoms with Gasteiger partial charge in [0.1, 0.15) is 0 Å². The standard InChI is InChI=1S/C40H56O18/c1-25(2)36(46)50-20-12-8-16-30(42)55-29-24-54-40(58-33(45)19-11-14-22-52-38(48)27(5)6)35(57-32(44)18-9-13-21-51-37(47)26(3)4)34(29)56-31(43)17-10-15-23-53-39(49)28(7)41/h29,34-35,40H,1,3,5,8-24H2,2,4,6-7H3/t29-,34+,35-,40?/m1/s1. The van der Waals surface area contributed by atoms with Crippen molar-refractivity contribution in [1.29, 1.82) is 0 Å². The number of carbonyl (C=O) groups excluding carboxylic acids is 9. The Morgan fingerprint density at radius 2 is 0.776 bits per heavy atom. The maximum Gasteiger partial charge on any atom is 0.374 e. The van der Waals surface area contributed by atoms with Crippen molar-refractivity contribution < 1.29 is 85.8 Å². The van der Waals surface area contributed by atoms with E-state index in [2.05, 4.69) is 19.7 Å². The quantitative estimate of drug-likeness (QED) is 0.0359. The number of hydrogen-bond donors (Lipinski definition) is 0. The molecule has 0 spiro atoms. The summed E-state index contributed by atoms with van der Waals surface area (Å²) in [6, 6.07) is 0. The Balaban J connectivity index is 3.15. The smallest absolute Gasteiger partial charge is 0.374 e. The van der Waals surface area contributed by atoms with Crippen LogP contribution < -0.4 is 0 Å². The second kappa shape index (κ2) is 28.1. The largest absolute Gasteiger partial charge is 0.462 e. The summed E-state index contributed by atoms with van der Waals surface area (Å²) in [7, 11) is 0. The predicted octanol–water partition coefficient (Wildman–Crippen LogP) is 3.79. The van der Waals surface area contributed by atoms with Crippen LogP contribution in [0.4, 0.5) is 0 Å². The molecular formula is C40H56O18. The van der Waals surface area contributed by atoms with Gasteiger partial charge < -0.3 is 42.6 Å². The fourth-order valence-corrected chi connectivity index (χ4v) is 4.67. The molecule has 0 aromatic heterocycles. The van der Waals surface area contributed by atoms with Crippen LogP contribution in [0.3, 0.4) is 0 Å². The zero-order chi connectivity index (χ0) is 43.6. The van der Waals surface area contributed by atoms with Crippen molar-refractivity contribution in [3.05, 3.63) is 36.5 Å². The predicted molar refractivity (Wildman–Crippen MR) is 200 cm³/mol. The molecule has 4 atom stereocenters. The Hall–Kier alpha value is -5.39. The number of unbranched alkanes of at least 4 members (excludes halogenated alkanes) is 4. The lowest BCUT2D eigenvalue weighted by Crippen LogP contribution is -2.58. The molecule has 1 rings (SSSR count). The molecule has 0 N–H and O–H groups in total. The van der Waals surface area contributed by atoms with E-state index in [9.17, 15) is 43.2 Å². The van der Waals surface area contributed by atoms with Crippen LogP contribution in [0.2, 0.25) is 0 Å². The first-order valence-electron chi connectivity index (χ1n) is 19.0. The number of esters is 8. The van der Waals surface area contributed by atoms with E-state index in [1.165, 1.54) is 20.8 Å². The zero-order valence-electron chi connectivity index (χ0n) is 33.8. The first kappa shape index (κ1) is 50.6. The molecule has 1 aliphatic heterocycles. The number of ether oxygens (including phenoxy) is 9. The van der Waals surface area contributed by atoms with Gasteiger partial charge in [0.25, 0.3) is 0 Å². The van der Waals surface area contributed by atoms with Gasteiger partial charge in [-0.25, -0.2) is 19.2 Å². The van der Waals surface area contributed by atoms with Crippen molar-refractivity contribution >= 4 is 53.5 Å². The summed E-state index contributed by atoms with van der Waals surface area (Å²) in [5.74, 6) is -6.74. The van der Waals surface area contributed by atoms with Crippen molar-refractivity contribution in [2.24, 2.45) is 0 Å². The van der Waals surface area contributed by atoms with Crippen molar-refractivity contribution in [1.82, 2.24) is 0 Å². The normalized spacial score (nSPS) is 17.0. The SMILES string of the molecule is C=C(C)C(=O)OCCCCC(=O)OC1OC[C@@H](OC(=O)CCCCOC(=O)C(=C)C)[C@H](OC(=O)CCCCOC(=O)C(C)=O)[C@H]1OC(=O)CCCCOC(=O)C(=C)C. The Bertz CT molecular complexity index is 1390. The molecule has 0 aliphatic carbocycles. The number of rotatable bonds is 28. The highest BCUT2D eigenvalue weighted by atomic mass is 16.7. The fraction of sp³-hybridized carbons (Fsp3) is 0.625. The lowest BCUT2D eigenvalue weighted by atomic mass is 10.0. The van der Waals surface area contributed by atoms with Crippen molar-refractivity contribution in [3.63, 3.8) is 0 Å². The first-order chi connectivity index (χ1) is 27.4. The highest BCUT2D eigenvalue weighted by molar-refractivity contribution is 6.32. The van der Waals surface area contributed by atoms with E-state index in [0.717, 1.165) is 6.92 Å². The van der Waals surface area contributed by atoms with E-state index in [-0.39, 0.29) is 107 Å². The summed E-state index contributed by atoms with van der Waals surface area (Å²) in [4.78, 5) is 110. The number of Topliss-reactive ketones (excluding diaryl/α,β-unsaturated/α-hetero) is 1. The lowest BCUT2D eigenvalue weighted by molar-refractivity contribution is -0.275. The van der Waals surface area contributed by atoms with Gasteiger partial charge in [0.15, 0.2) is 12.2 Å². The summed E-state index contributed by atoms with van der Waals surface area (Å²) < 4.78 is 48.2. The Morgan fingerprint density at radius 1 is 0.448 bits per heavy atom. The van der Waals surface area contributed by atoms with Crippen molar-refractivity contribution in [2.75, 3.05) is 33.0 Å². The van der Waals surface area contributed by atoms with E-state index in [1.54, 1.807) is 0 Å².